The van der Waals surface area contributed by atoms with E-state index in [-0.39, 0.29) is 5.92 Å². The molecule has 2 heterocycles. The molecule has 0 bridgehead atoms. The molecule has 0 radical (unpaired) electrons. The summed E-state index contributed by atoms with van der Waals surface area (Å²) < 4.78 is 17.6. The van der Waals surface area contributed by atoms with Gasteiger partial charge in [-0.25, -0.2) is 9.78 Å². The standard InChI is InChI=1S/C23H25ClN2O4/c1-14-25-20-19-16(11-24)12-26(22(27)30-23(2,3)4)17(19)10-18(21(20)29-14)28-13-15-8-6-5-7-9-15/h5-10,16H,11-13H2,1-4H3. The molecule has 0 fully saturated rings. The van der Waals surface area contributed by atoms with Gasteiger partial charge in [-0.05, 0) is 26.3 Å². The largest absolute Gasteiger partial charge is 0.485 e. The maximum Gasteiger partial charge on any atom is 0.414 e. The number of benzene rings is 2. The molecule has 1 unspecified atom stereocenters. The van der Waals surface area contributed by atoms with Crippen LogP contribution in [0.2, 0.25) is 0 Å². The predicted octanol–water partition coefficient (Wildman–Crippen LogP) is 5.79. The third-order valence-electron chi connectivity index (χ3n) is 4.90. The van der Waals surface area contributed by atoms with Crippen LogP contribution in [-0.2, 0) is 11.3 Å². The number of anilines is 1. The van der Waals surface area contributed by atoms with Gasteiger partial charge in [0.15, 0.2) is 17.2 Å². The van der Waals surface area contributed by atoms with Crippen LogP contribution in [0.5, 0.6) is 5.75 Å². The smallest absolute Gasteiger partial charge is 0.414 e. The third-order valence-corrected chi connectivity index (χ3v) is 5.27. The quantitative estimate of drug-likeness (QED) is 0.492. The first-order valence-corrected chi connectivity index (χ1v) is 10.5. The Hall–Kier alpha value is -2.73. The van der Waals surface area contributed by atoms with E-state index in [4.69, 9.17) is 25.5 Å². The summed E-state index contributed by atoms with van der Waals surface area (Å²) in [6, 6.07) is 11.7. The van der Waals surface area contributed by atoms with Crippen molar-refractivity contribution in [3.63, 3.8) is 0 Å². The number of fused-ring (bicyclic) bond motifs is 3. The highest BCUT2D eigenvalue weighted by Gasteiger charge is 2.38. The van der Waals surface area contributed by atoms with Gasteiger partial charge in [0.05, 0.1) is 5.69 Å². The van der Waals surface area contributed by atoms with Gasteiger partial charge in [-0.1, -0.05) is 30.3 Å². The minimum absolute atomic E-state index is 0.0654. The van der Waals surface area contributed by atoms with E-state index < -0.39 is 11.7 Å². The van der Waals surface area contributed by atoms with Crippen molar-refractivity contribution in [2.75, 3.05) is 17.3 Å². The van der Waals surface area contributed by atoms with Crippen LogP contribution >= 0.6 is 11.6 Å². The Bertz CT molecular complexity index is 1070. The van der Waals surface area contributed by atoms with Gasteiger partial charge in [0.1, 0.15) is 17.7 Å². The number of rotatable bonds is 4. The molecular formula is C23H25ClN2O4. The molecule has 3 aromatic rings. The number of hydrogen-bond donors (Lipinski definition) is 0. The highest BCUT2D eigenvalue weighted by atomic mass is 35.5. The number of oxazole rings is 1. The summed E-state index contributed by atoms with van der Waals surface area (Å²) in [6.07, 6.45) is -0.412. The zero-order valence-corrected chi connectivity index (χ0v) is 18.3. The minimum atomic E-state index is -0.600. The Morgan fingerprint density at radius 3 is 2.70 bits per heavy atom. The lowest BCUT2D eigenvalue weighted by Gasteiger charge is -2.25. The summed E-state index contributed by atoms with van der Waals surface area (Å²) in [4.78, 5) is 19.1. The number of hydrogen-bond acceptors (Lipinski definition) is 5. The summed E-state index contributed by atoms with van der Waals surface area (Å²) in [5.41, 5.74) is 3.30. The molecule has 6 nitrogen and oxygen atoms in total. The number of nitrogens with zero attached hydrogens (tertiary/aromatic N) is 2. The number of carbonyl (C=O) groups is 1. The van der Waals surface area contributed by atoms with E-state index in [9.17, 15) is 4.79 Å². The molecule has 0 aliphatic carbocycles. The number of halogens is 1. The average Bonchev–Trinajstić information content (AvgIpc) is 3.25. The van der Waals surface area contributed by atoms with E-state index in [0.717, 1.165) is 11.1 Å². The monoisotopic (exact) mass is 428 g/mol. The van der Waals surface area contributed by atoms with Crippen LogP contribution in [0.4, 0.5) is 10.5 Å². The highest BCUT2D eigenvalue weighted by molar-refractivity contribution is 6.19. The second-order valence-corrected chi connectivity index (χ2v) is 8.74. The van der Waals surface area contributed by atoms with Crippen LogP contribution < -0.4 is 9.64 Å². The topological polar surface area (TPSA) is 64.8 Å². The van der Waals surface area contributed by atoms with Crippen molar-refractivity contribution >= 4 is 34.5 Å². The van der Waals surface area contributed by atoms with Crippen LogP contribution in [0.25, 0.3) is 11.1 Å². The molecule has 0 spiro atoms. The van der Waals surface area contributed by atoms with Gasteiger partial charge < -0.3 is 13.9 Å². The molecular weight excluding hydrogens is 404 g/mol. The Morgan fingerprint density at radius 2 is 2.03 bits per heavy atom. The van der Waals surface area contributed by atoms with Crippen molar-refractivity contribution in [3.8, 4) is 5.75 Å². The first-order chi connectivity index (χ1) is 14.3. The molecule has 1 amide bonds. The van der Waals surface area contributed by atoms with E-state index in [2.05, 4.69) is 4.98 Å². The van der Waals surface area contributed by atoms with E-state index in [1.165, 1.54) is 0 Å². The van der Waals surface area contributed by atoms with Crippen molar-refractivity contribution in [1.29, 1.82) is 0 Å². The summed E-state index contributed by atoms with van der Waals surface area (Å²) in [5.74, 6) is 1.37. The van der Waals surface area contributed by atoms with Crippen molar-refractivity contribution in [2.45, 2.75) is 45.8 Å². The Labute approximate surface area is 180 Å². The van der Waals surface area contributed by atoms with Gasteiger partial charge in [-0.15, -0.1) is 11.6 Å². The van der Waals surface area contributed by atoms with Gasteiger partial charge in [-0.3, -0.25) is 4.90 Å². The zero-order chi connectivity index (χ0) is 21.5. The Kier molecular flexibility index (Phi) is 5.36. The minimum Gasteiger partial charge on any atom is -0.485 e. The Morgan fingerprint density at radius 1 is 1.30 bits per heavy atom. The van der Waals surface area contributed by atoms with Crippen LogP contribution in [0.1, 0.15) is 43.7 Å². The molecule has 1 aromatic heterocycles. The summed E-state index contributed by atoms with van der Waals surface area (Å²) in [6.45, 7) is 8.14. The maximum atomic E-state index is 12.9. The fraction of sp³-hybridized carbons (Fsp3) is 0.391. The summed E-state index contributed by atoms with van der Waals surface area (Å²) >= 11 is 6.26. The third kappa shape index (κ3) is 3.97. The van der Waals surface area contributed by atoms with Gasteiger partial charge in [0.25, 0.3) is 0 Å². The number of ether oxygens (including phenoxy) is 2. The molecule has 7 heteroatoms. The lowest BCUT2D eigenvalue weighted by molar-refractivity contribution is 0.0582. The number of alkyl halides is 1. The molecule has 2 aromatic carbocycles. The maximum absolute atomic E-state index is 12.9. The highest BCUT2D eigenvalue weighted by Crippen LogP contribution is 2.46. The van der Waals surface area contributed by atoms with Gasteiger partial charge in [0, 0.05) is 36.9 Å². The number of amides is 1. The van der Waals surface area contributed by atoms with E-state index >= 15 is 0 Å². The molecule has 0 saturated carbocycles. The lowest BCUT2D eigenvalue weighted by atomic mass is 10.0. The molecule has 158 valence electrons. The van der Waals surface area contributed by atoms with E-state index in [1.807, 2.05) is 57.2 Å². The van der Waals surface area contributed by atoms with Crippen molar-refractivity contribution < 1.29 is 18.7 Å². The van der Waals surface area contributed by atoms with E-state index in [1.54, 1.807) is 11.8 Å². The molecule has 0 N–H and O–H groups in total. The number of aryl methyl sites for hydroxylation is 1. The van der Waals surface area contributed by atoms with E-state index in [0.29, 0.717) is 47.5 Å². The number of carbonyl (C=O) groups excluding carboxylic acids is 1. The lowest BCUT2D eigenvalue weighted by Crippen LogP contribution is -2.36. The van der Waals surface area contributed by atoms with Gasteiger partial charge >= 0.3 is 6.09 Å². The summed E-state index contributed by atoms with van der Waals surface area (Å²) in [7, 11) is 0. The van der Waals surface area contributed by atoms with Crippen molar-refractivity contribution in [2.24, 2.45) is 0 Å². The second-order valence-electron chi connectivity index (χ2n) is 8.43. The van der Waals surface area contributed by atoms with Crippen molar-refractivity contribution in [1.82, 2.24) is 4.98 Å². The zero-order valence-electron chi connectivity index (χ0n) is 17.6. The predicted molar refractivity (Wildman–Crippen MR) is 117 cm³/mol. The van der Waals surface area contributed by atoms with Crippen LogP contribution in [0.15, 0.2) is 40.8 Å². The molecule has 1 aliphatic rings. The molecule has 1 atom stereocenters. The molecule has 0 saturated heterocycles. The normalized spacial score (nSPS) is 16.0. The molecule has 30 heavy (non-hydrogen) atoms. The fourth-order valence-corrected chi connectivity index (χ4v) is 3.91. The first kappa shape index (κ1) is 20.5. The molecule has 4 rings (SSSR count). The SMILES string of the molecule is Cc1nc2c3c(cc(OCc4ccccc4)c2o1)N(C(=O)OC(C)(C)C)CC3CCl. The second kappa shape index (κ2) is 7.84. The van der Waals surface area contributed by atoms with Crippen LogP contribution in [0.3, 0.4) is 0 Å². The average molecular weight is 429 g/mol. The first-order valence-electron chi connectivity index (χ1n) is 9.94. The van der Waals surface area contributed by atoms with Gasteiger partial charge in [0.2, 0.25) is 0 Å². The van der Waals surface area contributed by atoms with Crippen LogP contribution in [-0.4, -0.2) is 29.1 Å². The number of aromatic nitrogens is 1. The summed E-state index contributed by atoms with van der Waals surface area (Å²) in [5, 5.41) is 0. The molecule has 1 aliphatic heterocycles. The fourth-order valence-electron chi connectivity index (χ4n) is 3.66. The van der Waals surface area contributed by atoms with Crippen LogP contribution in [0, 0.1) is 6.92 Å². The Balaban J connectivity index is 1.77. The van der Waals surface area contributed by atoms with Crippen molar-refractivity contribution in [3.05, 3.63) is 53.4 Å². The van der Waals surface area contributed by atoms with Gasteiger partial charge in [-0.2, -0.15) is 0 Å².